The zero-order chi connectivity index (χ0) is 26.5. The molecule has 0 N–H and O–H groups in total. The lowest BCUT2D eigenvalue weighted by molar-refractivity contribution is -0.136. The second-order valence-corrected chi connectivity index (χ2v) is 11.0. The lowest BCUT2D eigenvalue weighted by Gasteiger charge is -2.37. The van der Waals surface area contributed by atoms with Gasteiger partial charge in [-0.25, -0.2) is 23.5 Å². The number of rotatable bonds is 3. The van der Waals surface area contributed by atoms with Crippen LogP contribution in [0.15, 0.2) is 12.4 Å². The van der Waals surface area contributed by atoms with Crippen LogP contribution in [-0.4, -0.2) is 88.2 Å². The van der Waals surface area contributed by atoms with Gasteiger partial charge in [-0.2, -0.15) is 13.2 Å². The normalized spacial score (nSPS) is 20.8. The van der Waals surface area contributed by atoms with E-state index in [9.17, 15) is 31.5 Å². The zero-order valence-corrected chi connectivity index (χ0v) is 20.8. The first kappa shape index (κ1) is 26.3. The summed E-state index contributed by atoms with van der Waals surface area (Å²) in [4.78, 5) is 38.6. The molecule has 2 aromatic heterocycles. The second kappa shape index (κ2) is 9.27. The summed E-state index contributed by atoms with van der Waals surface area (Å²) in [6.07, 6.45) is -5.87. The van der Waals surface area contributed by atoms with Crippen molar-refractivity contribution in [1.29, 1.82) is 0 Å². The van der Waals surface area contributed by atoms with Crippen LogP contribution in [0.5, 0.6) is 0 Å². The molecule has 14 heteroatoms. The van der Waals surface area contributed by atoms with Crippen LogP contribution in [0.2, 0.25) is 0 Å². The van der Waals surface area contributed by atoms with Crippen LogP contribution in [0.25, 0.3) is 10.2 Å². The standard InChI is InChI=1S/C22H26F5N5O3S/c1-20(2,3)35-19(34)32-11-21(23,24)10-15(32)18(33)31-6-4-30(5-7-31)16-14-8-13(9-22(25,26)27)36-17(14)29-12-28-16/h8,12,15H,4-7,9-11H2,1-3H3/t15-/m0/s1. The van der Waals surface area contributed by atoms with Crippen molar-refractivity contribution < 1.29 is 36.3 Å². The molecule has 4 heterocycles. The zero-order valence-electron chi connectivity index (χ0n) is 19.9. The van der Waals surface area contributed by atoms with Gasteiger partial charge < -0.3 is 14.5 Å². The quantitative estimate of drug-likeness (QED) is 0.551. The third-order valence-corrected chi connectivity index (χ3v) is 6.85. The number of piperazine rings is 1. The molecule has 1 atom stereocenters. The number of nitrogens with zero attached hydrogens (tertiary/aromatic N) is 5. The number of amides is 2. The van der Waals surface area contributed by atoms with E-state index in [4.69, 9.17) is 4.74 Å². The highest BCUT2D eigenvalue weighted by Gasteiger charge is 2.52. The first-order valence-electron chi connectivity index (χ1n) is 11.3. The maximum absolute atomic E-state index is 14.2. The van der Waals surface area contributed by atoms with Crippen molar-refractivity contribution in [2.45, 2.75) is 57.4 Å². The summed E-state index contributed by atoms with van der Waals surface area (Å²) in [7, 11) is 0. The Morgan fingerprint density at radius 3 is 2.42 bits per heavy atom. The van der Waals surface area contributed by atoms with E-state index in [1.165, 1.54) is 17.3 Å². The van der Waals surface area contributed by atoms with E-state index in [-0.39, 0.29) is 31.1 Å². The van der Waals surface area contributed by atoms with Gasteiger partial charge in [-0.15, -0.1) is 11.3 Å². The van der Waals surface area contributed by atoms with Gasteiger partial charge in [0.25, 0.3) is 5.92 Å². The number of alkyl halides is 5. The number of likely N-dealkylation sites (tertiary alicyclic amines) is 1. The SMILES string of the molecule is CC(C)(C)OC(=O)N1CC(F)(F)C[C@H]1C(=O)N1CCN(c2ncnc3sc(CC(F)(F)F)cc23)CC1. The number of thiophene rings is 1. The Labute approximate surface area is 208 Å². The maximum Gasteiger partial charge on any atom is 0.411 e. The molecule has 2 fully saturated rings. The Kier molecular flexibility index (Phi) is 6.77. The molecule has 0 saturated carbocycles. The van der Waals surface area contributed by atoms with Gasteiger partial charge in [-0.1, -0.05) is 0 Å². The molecule has 2 amide bonds. The number of hydrogen-bond acceptors (Lipinski definition) is 7. The molecule has 198 valence electrons. The molecule has 2 aromatic rings. The predicted octanol–water partition coefficient (Wildman–Crippen LogP) is 4.09. The third-order valence-electron chi connectivity index (χ3n) is 5.81. The molecule has 2 aliphatic heterocycles. The molecule has 2 aliphatic rings. The Morgan fingerprint density at radius 1 is 1.14 bits per heavy atom. The highest BCUT2D eigenvalue weighted by Crippen LogP contribution is 2.36. The molecular formula is C22H26F5N5O3S. The van der Waals surface area contributed by atoms with E-state index in [0.717, 1.165) is 16.2 Å². The summed E-state index contributed by atoms with van der Waals surface area (Å²) >= 11 is 0.948. The number of ether oxygens (including phenoxy) is 1. The second-order valence-electron chi connectivity index (χ2n) is 9.92. The van der Waals surface area contributed by atoms with Gasteiger partial charge in [0.2, 0.25) is 5.91 Å². The molecule has 0 spiro atoms. The molecule has 0 aromatic carbocycles. The van der Waals surface area contributed by atoms with Crippen molar-refractivity contribution in [3.8, 4) is 0 Å². The summed E-state index contributed by atoms with van der Waals surface area (Å²) in [6, 6.07) is 0.0913. The molecule has 0 unspecified atom stereocenters. The van der Waals surface area contributed by atoms with Crippen LogP contribution < -0.4 is 4.90 Å². The topological polar surface area (TPSA) is 78.9 Å². The Hall–Kier alpha value is -2.77. The van der Waals surface area contributed by atoms with E-state index in [1.807, 2.05) is 4.90 Å². The molecular weight excluding hydrogens is 509 g/mol. The van der Waals surface area contributed by atoms with E-state index in [0.29, 0.717) is 16.0 Å². The molecule has 0 bridgehead atoms. The fourth-order valence-electron chi connectivity index (χ4n) is 4.33. The van der Waals surface area contributed by atoms with Gasteiger partial charge in [-0.3, -0.25) is 9.69 Å². The first-order chi connectivity index (χ1) is 16.6. The van der Waals surface area contributed by atoms with Crippen molar-refractivity contribution >= 4 is 39.4 Å². The molecule has 36 heavy (non-hydrogen) atoms. The van der Waals surface area contributed by atoms with Crippen LogP contribution >= 0.6 is 11.3 Å². The van der Waals surface area contributed by atoms with E-state index >= 15 is 0 Å². The monoisotopic (exact) mass is 535 g/mol. The summed E-state index contributed by atoms with van der Waals surface area (Å²) in [5.74, 6) is -3.34. The van der Waals surface area contributed by atoms with Crippen LogP contribution in [0.3, 0.4) is 0 Å². The highest BCUT2D eigenvalue weighted by molar-refractivity contribution is 7.18. The number of halogens is 5. The van der Waals surface area contributed by atoms with Crippen LogP contribution in [-0.2, 0) is 16.0 Å². The van der Waals surface area contributed by atoms with Crippen LogP contribution in [0.4, 0.5) is 32.6 Å². The number of carbonyl (C=O) groups is 2. The minimum atomic E-state index is -4.34. The van der Waals surface area contributed by atoms with Gasteiger partial charge in [0.15, 0.2) is 0 Å². The highest BCUT2D eigenvalue weighted by atomic mass is 32.1. The predicted molar refractivity (Wildman–Crippen MR) is 122 cm³/mol. The van der Waals surface area contributed by atoms with E-state index in [2.05, 4.69) is 9.97 Å². The van der Waals surface area contributed by atoms with E-state index in [1.54, 1.807) is 20.8 Å². The Balaban J connectivity index is 1.45. The smallest absolute Gasteiger partial charge is 0.411 e. The first-order valence-corrected chi connectivity index (χ1v) is 12.1. The lowest BCUT2D eigenvalue weighted by Crippen LogP contribution is -2.55. The summed E-state index contributed by atoms with van der Waals surface area (Å²) in [5.41, 5.74) is -0.904. The van der Waals surface area contributed by atoms with Crippen LogP contribution in [0, 0.1) is 0 Å². The molecule has 8 nitrogen and oxygen atoms in total. The molecule has 4 rings (SSSR count). The van der Waals surface area contributed by atoms with Gasteiger partial charge >= 0.3 is 12.3 Å². The van der Waals surface area contributed by atoms with Gasteiger partial charge in [0.1, 0.15) is 28.6 Å². The molecule has 2 saturated heterocycles. The average molecular weight is 536 g/mol. The van der Waals surface area contributed by atoms with Crippen molar-refractivity contribution in [3.05, 3.63) is 17.3 Å². The minimum absolute atomic E-state index is 0.123. The number of fused-ring (bicyclic) bond motifs is 1. The number of anilines is 1. The Morgan fingerprint density at radius 2 is 1.81 bits per heavy atom. The third kappa shape index (κ3) is 5.95. The van der Waals surface area contributed by atoms with Crippen molar-refractivity contribution in [3.63, 3.8) is 0 Å². The van der Waals surface area contributed by atoms with Gasteiger partial charge in [-0.05, 0) is 26.8 Å². The summed E-state index contributed by atoms with van der Waals surface area (Å²) < 4.78 is 72.1. The van der Waals surface area contributed by atoms with Crippen molar-refractivity contribution in [2.75, 3.05) is 37.6 Å². The maximum atomic E-state index is 14.2. The summed E-state index contributed by atoms with van der Waals surface area (Å²) in [6.45, 7) is 4.87. The number of hydrogen-bond donors (Lipinski definition) is 0. The van der Waals surface area contributed by atoms with E-state index < -0.39 is 55.1 Å². The summed E-state index contributed by atoms with van der Waals surface area (Å²) in [5, 5.41) is 0.494. The number of aromatic nitrogens is 2. The van der Waals surface area contributed by atoms with Crippen molar-refractivity contribution in [1.82, 2.24) is 19.8 Å². The largest absolute Gasteiger partial charge is 0.444 e. The average Bonchev–Trinajstić information content (AvgIpc) is 3.30. The van der Waals surface area contributed by atoms with Crippen molar-refractivity contribution in [2.24, 2.45) is 0 Å². The number of carbonyl (C=O) groups excluding carboxylic acids is 2. The van der Waals surface area contributed by atoms with Gasteiger partial charge in [0.05, 0.1) is 18.4 Å². The Bertz CT molecular complexity index is 1140. The van der Waals surface area contributed by atoms with Crippen LogP contribution in [0.1, 0.15) is 32.1 Å². The minimum Gasteiger partial charge on any atom is -0.444 e. The fraction of sp³-hybridized carbons (Fsp3) is 0.636. The molecule has 0 aliphatic carbocycles. The van der Waals surface area contributed by atoms with Gasteiger partial charge in [0, 0.05) is 37.5 Å². The lowest BCUT2D eigenvalue weighted by atomic mass is 10.1. The fourth-order valence-corrected chi connectivity index (χ4v) is 5.35. The molecule has 0 radical (unpaired) electrons.